The summed E-state index contributed by atoms with van der Waals surface area (Å²) in [6.07, 6.45) is 5.23. The molecule has 0 saturated heterocycles. The Morgan fingerprint density at radius 2 is 2.04 bits per heavy atom. The van der Waals surface area contributed by atoms with Crippen molar-refractivity contribution < 1.29 is 19.5 Å². The predicted octanol–water partition coefficient (Wildman–Crippen LogP) is -0.983. The zero-order chi connectivity index (χ0) is 18.8. The molecule has 0 bridgehead atoms. The molecule has 0 spiro atoms. The van der Waals surface area contributed by atoms with Crippen LogP contribution in [-0.4, -0.2) is 68.7 Å². The standard InChI is InChI=1S/C14H23N5O4S2/c1-25-3-2-10(14(22)23)18-13(21)11(4-8-5-16-7-17-8)19-12(20)9(15)6-24/h5,7,9-11,24H,2-4,6,15H2,1H3,(H,16,17)(H,18,21)(H,19,20)(H,22,23). The van der Waals surface area contributed by atoms with Gasteiger partial charge in [0, 0.05) is 24.1 Å². The third kappa shape index (κ3) is 7.36. The van der Waals surface area contributed by atoms with Crippen molar-refractivity contribution >= 4 is 42.2 Å². The van der Waals surface area contributed by atoms with Gasteiger partial charge in [-0.1, -0.05) is 0 Å². The van der Waals surface area contributed by atoms with E-state index in [0.717, 1.165) is 0 Å². The van der Waals surface area contributed by atoms with Gasteiger partial charge < -0.3 is 26.5 Å². The second-order valence-electron chi connectivity index (χ2n) is 5.31. The molecule has 0 aliphatic carbocycles. The highest BCUT2D eigenvalue weighted by molar-refractivity contribution is 7.98. The van der Waals surface area contributed by atoms with Gasteiger partial charge in [-0.2, -0.15) is 24.4 Å². The number of carbonyl (C=O) groups is 3. The minimum absolute atomic E-state index is 0.121. The molecule has 0 saturated carbocycles. The number of carboxylic acid groups (broad SMARTS) is 1. The molecule has 3 unspecified atom stereocenters. The molecular weight excluding hydrogens is 366 g/mol. The molecule has 3 atom stereocenters. The Labute approximate surface area is 155 Å². The zero-order valence-corrected chi connectivity index (χ0v) is 15.5. The summed E-state index contributed by atoms with van der Waals surface area (Å²) in [4.78, 5) is 42.5. The minimum atomic E-state index is -1.12. The number of rotatable bonds is 11. The van der Waals surface area contributed by atoms with Crippen molar-refractivity contribution in [1.29, 1.82) is 0 Å². The van der Waals surface area contributed by atoms with E-state index < -0.39 is 35.9 Å². The van der Waals surface area contributed by atoms with E-state index >= 15 is 0 Å². The number of nitrogens with two attached hydrogens (primary N) is 1. The summed E-state index contributed by atoms with van der Waals surface area (Å²) < 4.78 is 0. The Hall–Kier alpha value is -1.72. The average Bonchev–Trinajstić information content (AvgIpc) is 3.09. The predicted molar refractivity (Wildman–Crippen MR) is 98.6 cm³/mol. The molecule has 11 heteroatoms. The van der Waals surface area contributed by atoms with Gasteiger partial charge in [0.1, 0.15) is 12.1 Å². The first-order valence-electron chi connectivity index (χ1n) is 7.55. The summed E-state index contributed by atoms with van der Waals surface area (Å²) >= 11 is 5.44. The minimum Gasteiger partial charge on any atom is -0.480 e. The fourth-order valence-corrected chi connectivity index (χ4v) is 2.59. The molecule has 0 aromatic carbocycles. The van der Waals surface area contributed by atoms with Crippen LogP contribution >= 0.6 is 24.4 Å². The third-order valence-electron chi connectivity index (χ3n) is 3.37. The molecule has 1 rings (SSSR count). The lowest BCUT2D eigenvalue weighted by molar-refractivity contribution is -0.142. The fraction of sp³-hybridized carbons (Fsp3) is 0.571. The molecule has 140 valence electrons. The number of carboxylic acids is 1. The monoisotopic (exact) mass is 389 g/mol. The molecular formula is C14H23N5O4S2. The Kier molecular flexibility index (Phi) is 9.39. The van der Waals surface area contributed by atoms with E-state index in [2.05, 4.69) is 33.2 Å². The average molecular weight is 390 g/mol. The molecule has 9 nitrogen and oxygen atoms in total. The number of thiol groups is 1. The number of aromatic amines is 1. The summed E-state index contributed by atoms with van der Waals surface area (Å²) in [5, 5.41) is 14.2. The van der Waals surface area contributed by atoms with Gasteiger partial charge in [-0.05, 0) is 18.4 Å². The molecule has 1 aromatic heterocycles. The van der Waals surface area contributed by atoms with Crippen molar-refractivity contribution in [2.75, 3.05) is 17.8 Å². The van der Waals surface area contributed by atoms with E-state index in [9.17, 15) is 19.5 Å². The highest BCUT2D eigenvalue weighted by atomic mass is 32.2. The van der Waals surface area contributed by atoms with Gasteiger partial charge in [0.15, 0.2) is 0 Å². The normalized spacial score (nSPS) is 14.4. The van der Waals surface area contributed by atoms with Crippen molar-refractivity contribution in [2.45, 2.75) is 31.0 Å². The number of aromatic nitrogens is 2. The van der Waals surface area contributed by atoms with Crippen LogP contribution in [0.3, 0.4) is 0 Å². The largest absolute Gasteiger partial charge is 0.480 e. The van der Waals surface area contributed by atoms with E-state index in [1.807, 2.05) is 6.26 Å². The number of H-pyrrole nitrogens is 1. The van der Waals surface area contributed by atoms with Crippen molar-refractivity contribution in [3.8, 4) is 0 Å². The maximum atomic E-state index is 12.5. The number of carbonyl (C=O) groups excluding carboxylic acids is 2. The quantitative estimate of drug-likeness (QED) is 0.266. The van der Waals surface area contributed by atoms with Gasteiger partial charge in [0.25, 0.3) is 0 Å². The van der Waals surface area contributed by atoms with Crippen molar-refractivity contribution in [1.82, 2.24) is 20.6 Å². The van der Waals surface area contributed by atoms with Crippen LogP contribution in [0.1, 0.15) is 12.1 Å². The van der Waals surface area contributed by atoms with Crippen LogP contribution in [-0.2, 0) is 20.8 Å². The molecule has 2 amide bonds. The highest BCUT2D eigenvalue weighted by Crippen LogP contribution is 2.04. The number of nitrogens with zero attached hydrogens (tertiary/aromatic N) is 1. The van der Waals surface area contributed by atoms with Gasteiger partial charge in [0.2, 0.25) is 11.8 Å². The van der Waals surface area contributed by atoms with E-state index in [0.29, 0.717) is 11.4 Å². The van der Waals surface area contributed by atoms with Crippen molar-refractivity contribution in [3.05, 3.63) is 18.2 Å². The number of aliphatic carboxylic acids is 1. The topological polar surface area (TPSA) is 150 Å². The SMILES string of the molecule is CSCCC(NC(=O)C(Cc1cnc[nH]1)NC(=O)C(N)CS)C(=O)O. The zero-order valence-electron chi connectivity index (χ0n) is 13.8. The maximum Gasteiger partial charge on any atom is 0.326 e. The number of hydrogen-bond acceptors (Lipinski definition) is 7. The molecule has 0 aliphatic heterocycles. The van der Waals surface area contributed by atoms with Crippen LogP contribution in [0.4, 0.5) is 0 Å². The second-order valence-corrected chi connectivity index (χ2v) is 6.66. The fourth-order valence-electron chi connectivity index (χ4n) is 1.95. The van der Waals surface area contributed by atoms with Crippen LogP contribution in [0.5, 0.6) is 0 Å². The maximum absolute atomic E-state index is 12.5. The first kappa shape index (κ1) is 21.3. The van der Waals surface area contributed by atoms with Gasteiger partial charge in [0.05, 0.1) is 12.4 Å². The lowest BCUT2D eigenvalue weighted by Crippen LogP contribution is -2.55. The lowest BCUT2D eigenvalue weighted by Gasteiger charge is -2.22. The summed E-state index contributed by atoms with van der Waals surface area (Å²) in [5.74, 6) is -1.55. The summed E-state index contributed by atoms with van der Waals surface area (Å²) in [7, 11) is 0. The van der Waals surface area contributed by atoms with E-state index in [-0.39, 0.29) is 18.6 Å². The van der Waals surface area contributed by atoms with Crippen LogP contribution < -0.4 is 16.4 Å². The Morgan fingerprint density at radius 3 is 2.56 bits per heavy atom. The summed E-state index contributed by atoms with van der Waals surface area (Å²) in [6.45, 7) is 0. The number of amides is 2. The summed E-state index contributed by atoms with van der Waals surface area (Å²) in [5.41, 5.74) is 6.24. The van der Waals surface area contributed by atoms with E-state index in [1.54, 1.807) is 0 Å². The second kappa shape index (κ2) is 11.0. The van der Waals surface area contributed by atoms with Crippen molar-refractivity contribution in [3.63, 3.8) is 0 Å². The summed E-state index contributed by atoms with van der Waals surface area (Å²) in [6, 6.07) is -2.87. The van der Waals surface area contributed by atoms with Crippen LogP contribution in [0.2, 0.25) is 0 Å². The number of nitrogens with one attached hydrogen (secondary N) is 3. The number of hydrogen-bond donors (Lipinski definition) is 6. The Morgan fingerprint density at radius 1 is 1.36 bits per heavy atom. The molecule has 25 heavy (non-hydrogen) atoms. The molecule has 1 heterocycles. The van der Waals surface area contributed by atoms with Gasteiger partial charge in [-0.15, -0.1) is 0 Å². The smallest absolute Gasteiger partial charge is 0.326 e. The molecule has 0 fully saturated rings. The Balaban J connectivity index is 2.82. The first-order valence-corrected chi connectivity index (χ1v) is 9.57. The van der Waals surface area contributed by atoms with Crippen LogP contribution in [0.15, 0.2) is 12.5 Å². The van der Waals surface area contributed by atoms with E-state index in [4.69, 9.17) is 5.73 Å². The molecule has 0 radical (unpaired) electrons. The Bertz CT molecular complexity index is 570. The van der Waals surface area contributed by atoms with Crippen LogP contribution in [0, 0.1) is 0 Å². The number of thioether (sulfide) groups is 1. The van der Waals surface area contributed by atoms with E-state index in [1.165, 1.54) is 24.3 Å². The molecule has 6 N–H and O–H groups in total. The van der Waals surface area contributed by atoms with Gasteiger partial charge in [-0.3, -0.25) is 9.59 Å². The number of imidazole rings is 1. The molecule has 1 aromatic rings. The van der Waals surface area contributed by atoms with Crippen molar-refractivity contribution in [2.24, 2.45) is 5.73 Å². The van der Waals surface area contributed by atoms with Gasteiger partial charge >= 0.3 is 5.97 Å². The first-order chi connectivity index (χ1) is 11.9. The highest BCUT2D eigenvalue weighted by Gasteiger charge is 2.28. The van der Waals surface area contributed by atoms with Gasteiger partial charge in [-0.25, -0.2) is 9.78 Å². The van der Waals surface area contributed by atoms with Crippen LogP contribution in [0.25, 0.3) is 0 Å². The lowest BCUT2D eigenvalue weighted by atomic mass is 10.1. The third-order valence-corrected chi connectivity index (χ3v) is 4.41. The molecule has 0 aliphatic rings.